The topological polar surface area (TPSA) is 54.0 Å². The van der Waals surface area contributed by atoms with E-state index in [1.807, 2.05) is 19.2 Å². The van der Waals surface area contributed by atoms with E-state index in [9.17, 15) is 4.79 Å². The van der Waals surface area contributed by atoms with Gasteiger partial charge in [-0.1, -0.05) is 12.2 Å². The van der Waals surface area contributed by atoms with E-state index in [4.69, 9.17) is 0 Å². The summed E-state index contributed by atoms with van der Waals surface area (Å²) in [6.07, 6.45) is 7.78. The van der Waals surface area contributed by atoms with Gasteiger partial charge in [0, 0.05) is 17.6 Å². The third kappa shape index (κ3) is 4.35. The number of rotatable bonds is 4. The Bertz CT molecular complexity index is 455. The molecule has 0 fully saturated rings. The van der Waals surface area contributed by atoms with E-state index in [1.54, 1.807) is 11.3 Å². The van der Waals surface area contributed by atoms with Crippen LogP contribution in [0.2, 0.25) is 0 Å². The molecule has 104 valence electrons. The summed E-state index contributed by atoms with van der Waals surface area (Å²) in [6, 6.07) is -0.139. The first-order valence-electron chi connectivity index (χ1n) is 6.76. The number of urea groups is 1. The van der Waals surface area contributed by atoms with Crippen LogP contribution in [-0.2, 0) is 0 Å². The Hall–Kier alpha value is -1.36. The third-order valence-corrected chi connectivity index (χ3v) is 4.43. The van der Waals surface area contributed by atoms with Gasteiger partial charge in [0.05, 0.1) is 6.04 Å². The maximum absolute atomic E-state index is 11.8. The molecule has 0 aromatic carbocycles. The number of hydrogen-bond donors (Lipinski definition) is 2. The summed E-state index contributed by atoms with van der Waals surface area (Å²) in [7, 11) is 0. The van der Waals surface area contributed by atoms with E-state index >= 15 is 0 Å². The maximum atomic E-state index is 11.8. The smallest absolute Gasteiger partial charge is 0.315 e. The molecular weight excluding hydrogens is 258 g/mol. The van der Waals surface area contributed by atoms with Gasteiger partial charge in [-0.2, -0.15) is 0 Å². The molecule has 0 radical (unpaired) electrons. The van der Waals surface area contributed by atoms with Crippen molar-refractivity contribution >= 4 is 17.4 Å². The summed E-state index contributed by atoms with van der Waals surface area (Å²) in [5.74, 6) is 0.577. The van der Waals surface area contributed by atoms with Crippen molar-refractivity contribution in [2.45, 2.75) is 39.2 Å². The molecule has 2 amide bonds. The zero-order valence-electron chi connectivity index (χ0n) is 11.5. The van der Waals surface area contributed by atoms with Crippen LogP contribution in [-0.4, -0.2) is 17.6 Å². The Kier molecular flexibility index (Phi) is 4.96. The summed E-state index contributed by atoms with van der Waals surface area (Å²) in [4.78, 5) is 16.2. The Labute approximate surface area is 118 Å². The van der Waals surface area contributed by atoms with Crippen LogP contribution in [0, 0.1) is 12.8 Å². The predicted octanol–water partition coefficient (Wildman–Crippen LogP) is 3.17. The number of nitrogens with one attached hydrogen (secondary N) is 2. The molecule has 2 rings (SSSR count). The van der Waals surface area contributed by atoms with Crippen molar-refractivity contribution in [3.05, 3.63) is 28.2 Å². The normalized spacial score (nSPS) is 20.0. The summed E-state index contributed by atoms with van der Waals surface area (Å²) in [5, 5.41) is 8.83. The Morgan fingerprint density at radius 3 is 3.05 bits per heavy atom. The van der Waals surface area contributed by atoms with Crippen molar-refractivity contribution in [1.82, 2.24) is 15.6 Å². The van der Waals surface area contributed by atoms with Crippen LogP contribution in [0.5, 0.6) is 0 Å². The van der Waals surface area contributed by atoms with Crippen molar-refractivity contribution < 1.29 is 4.79 Å². The first-order chi connectivity index (χ1) is 9.15. The summed E-state index contributed by atoms with van der Waals surface area (Å²) in [5.41, 5.74) is 1.00. The van der Waals surface area contributed by atoms with Gasteiger partial charge in [-0.3, -0.25) is 0 Å². The first-order valence-corrected chi connectivity index (χ1v) is 7.64. The number of nitrogens with zero attached hydrogens (tertiary/aromatic N) is 1. The van der Waals surface area contributed by atoms with Gasteiger partial charge in [-0.25, -0.2) is 9.78 Å². The van der Waals surface area contributed by atoms with Crippen LogP contribution in [0.3, 0.4) is 0 Å². The molecule has 1 aliphatic rings. The van der Waals surface area contributed by atoms with Gasteiger partial charge in [0.25, 0.3) is 0 Å². The van der Waals surface area contributed by atoms with Crippen LogP contribution in [0.4, 0.5) is 4.79 Å². The molecule has 1 aromatic heterocycles. The van der Waals surface area contributed by atoms with Crippen LogP contribution in [0.15, 0.2) is 17.5 Å². The van der Waals surface area contributed by atoms with Crippen molar-refractivity contribution in [3.8, 4) is 0 Å². The van der Waals surface area contributed by atoms with E-state index in [1.165, 1.54) is 0 Å². The second-order valence-corrected chi connectivity index (χ2v) is 5.94. The van der Waals surface area contributed by atoms with Gasteiger partial charge < -0.3 is 10.6 Å². The van der Waals surface area contributed by atoms with Gasteiger partial charge in [-0.05, 0) is 39.0 Å². The van der Waals surface area contributed by atoms with E-state index in [0.717, 1.165) is 36.5 Å². The lowest BCUT2D eigenvalue weighted by Gasteiger charge is -2.19. The number of allylic oxidation sites excluding steroid dienone is 2. The number of carbonyl (C=O) groups is 1. The third-order valence-electron chi connectivity index (χ3n) is 3.28. The van der Waals surface area contributed by atoms with Crippen molar-refractivity contribution in [3.63, 3.8) is 0 Å². The Morgan fingerprint density at radius 2 is 2.42 bits per heavy atom. The molecule has 1 heterocycles. The number of amides is 2. The first kappa shape index (κ1) is 14.1. The second kappa shape index (κ2) is 6.70. The lowest BCUT2D eigenvalue weighted by Crippen LogP contribution is -2.39. The number of hydrogen-bond acceptors (Lipinski definition) is 3. The van der Waals surface area contributed by atoms with E-state index in [0.29, 0.717) is 5.92 Å². The number of thiazole rings is 1. The van der Waals surface area contributed by atoms with Crippen LogP contribution < -0.4 is 10.6 Å². The molecule has 1 aromatic rings. The van der Waals surface area contributed by atoms with Crippen LogP contribution in [0.25, 0.3) is 0 Å². The second-order valence-electron chi connectivity index (χ2n) is 5.05. The standard InChI is InChI=1S/C14H21N3OS/c1-10-9-19-13(16-10)11(2)17-14(18)15-8-12-6-4-3-5-7-12/h3-4,9,11-12H,5-8H2,1-2H3,(H2,15,17,18). The highest BCUT2D eigenvalue weighted by molar-refractivity contribution is 7.09. The maximum Gasteiger partial charge on any atom is 0.315 e. The molecule has 2 unspecified atom stereocenters. The fraction of sp³-hybridized carbons (Fsp3) is 0.571. The number of carbonyl (C=O) groups excluding carboxylic acids is 1. The summed E-state index contributed by atoms with van der Waals surface area (Å²) >= 11 is 1.58. The molecule has 4 nitrogen and oxygen atoms in total. The van der Waals surface area contributed by atoms with Gasteiger partial charge in [0.2, 0.25) is 0 Å². The van der Waals surface area contributed by atoms with Crippen molar-refractivity contribution in [2.24, 2.45) is 5.92 Å². The van der Waals surface area contributed by atoms with E-state index in [2.05, 4.69) is 27.8 Å². The highest BCUT2D eigenvalue weighted by atomic mass is 32.1. The molecule has 2 N–H and O–H groups in total. The highest BCUT2D eigenvalue weighted by Gasteiger charge is 2.14. The fourth-order valence-electron chi connectivity index (χ4n) is 2.16. The zero-order chi connectivity index (χ0) is 13.7. The highest BCUT2D eigenvalue weighted by Crippen LogP contribution is 2.18. The number of aryl methyl sites for hydroxylation is 1. The summed E-state index contributed by atoms with van der Waals surface area (Å²) in [6.45, 7) is 4.67. The quantitative estimate of drug-likeness (QED) is 0.832. The average molecular weight is 279 g/mol. The Balaban J connectivity index is 1.73. The zero-order valence-corrected chi connectivity index (χ0v) is 12.3. The molecule has 0 bridgehead atoms. The molecule has 1 aliphatic carbocycles. The SMILES string of the molecule is Cc1csc(C(C)NC(=O)NCC2CC=CCC2)n1. The van der Waals surface area contributed by atoms with Gasteiger partial charge in [0.15, 0.2) is 0 Å². The van der Waals surface area contributed by atoms with Crippen molar-refractivity contribution in [1.29, 1.82) is 0 Å². The lowest BCUT2D eigenvalue weighted by atomic mass is 9.94. The molecule has 5 heteroatoms. The molecule has 0 spiro atoms. The fourth-order valence-corrected chi connectivity index (χ4v) is 2.96. The molecule has 0 aliphatic heterocycles. The van der Waals surface area contributed by atoms with Gasteiger partial charge in [0.1, 0.15) is 5.01 Å². The van der Waals surface area contributed by atoms with Gasteiger partial charge >= 0.3 is 6.03 Å². The monoisotopic (exact) mass is 279 g/mol. The average Bonchev–Trinajstić information content (AvgIpc) is 2.84. The van der Waals surface area contributed by atoms with Crippen LogP contribution >= 0.6 is 11.3 Å². The van der Waals surface area contributed by atoms with E-state index < -0.39 is 0 Å². The van der Waals surface area contributed by atoms with E-state index in [-0.39, 0.29) is 12.1 Å². The predicted molar refractivity (Wildman–Crippen MR) is 78.3 cm³/mol. The minimum atomic E-state index is -0.102. The summed E-state index contributed by atoms with van der Waals surface area (Å²) < 4.78 is 0. The van der Waals surface area contributed by atoms with Gasteiger partial charge in [-0.15, -0.1) is 11.3 Å². The molecule has 2 atom stereocenters. The minimum Gasteiger partial charge on any atom is -0.338 e. The van der Waals surface area contributed by atoms with Crippen LogP contribution in [0.1, 0.15) is 42.9 Å². The molecular formula is C14H21N3OS. The molecule has 19 heavy (non-hydrogen) atoms. The molecule has 0 saturated carbocycles. The largest absolute Gasteiger partial charge is 0.338 e. The lowest BCUT2D eigenvalue weighted by molar-refractivity contribution is 0.235. The molecule has 0 saturated heterocycles. The minimum absolute atomic E-state index is 0.0371. The van der Waals surface area contributed by atoms with Crippen molar-refractivity contribution in [2.75, 3.05) is 6.54 Å². The Morgan fingerprint density at radius 1 is 1.58 bits per heavy atom. The number of aromatic nitrogens is 1.